The topological polar surface area (TPSA) is 100 Å². The lowest BCUT2D eigenvalue weighted by Gasteiger charge is -2.11. The van der Waals surface area contributed by atoms with E-state index in [9.17, 15) is 9.59 Å². The number of nitrogens with one attached hydrogen (secondary N) is 1. The van der Waals surface area contributed by atoms with E-state index in [2.05, 4.69) is 10.3 Å². The van der Waals surface area contributed by atoms with Crippen LogP contribution in [0.5, 0.6) is 11.5 Å². The Bertz CT molecular complexity index is 1660. The van der Waals surface area contributed by atoms with Crippen LogP contribution in [0.2, 0.25) is 0 Å². The number of nitrogens with zero attached hydrogens (tertiary/aromatic N) is 4. The Balaban J connectivity index is 1.84. The summed E-state index contributed by atoms with van der Waals surface area (Å²) in [5.74, 6) is 1.09. The summed E-state index contributed by atoms with van der Waals surface area (Å²) in [4.78, 5) is 36.7. The third kappa shape index (κ3) is 4.50. The van der Waals surface area contributed by atoms with Crippen molar-refractivity contribution >= 4 is 17.1 Å². The quantitative estimate of drug-likeness (QED) is 0.339. The third-order valence-electron chi connectivity index (χ3n) is 6.14. The van der Waals surface area contributed by atoms with Gasteiger partial charge in [0, 0.05) is 12.6 Å². The Morgan fingerprint density at radius 1 is 0.947 bits per heavy atom. The van der Waals surface area contributed by atoms with Gasteiger partial charge in [-0.15, -0.1) is 0 Å². The molecule has 0 spiro atoms. The fourth-order valence-corrected chi connectivity index (χ4v) is 4.37. The fraction of sp³-hybridized carbons (Fsp3) is 0.172. The van der Waals surface area contributed by atoms with E-state index in [1.807, 2.05) is 73.7 Å². The van der Waals surface area contributed by atoms with Crippen molar-refractivity contribution < 1.29 is 14.3 Å². The van der Waals surface area contributed by atoms with Crippen molar-refractivity contribution in [2.45, 2.75) is 13.5 Å². The maximum absolute atomic E-state index is 14.0. The Kier molecular flexibility index (Phi) is 6.90. The van der Waals surface area contributed by atoms with Gasteiger partial charge >= 0.3 is 5.69 Å². The summed E-state index contributed by atoms with van der Waals surface area (Å²) in [6.45, 7) is 2.69. The minimum absolute atomic E-state index is 0.100. The molecule has 0 aliphatic rings. The van der Waals surface area contributed by atoms with Crippen LogP contribution in [-0.4, -0.2) is 45.8 Å². The van der Waals surface area contributed by atoms with E-state index in [0.717, 1.165) is 5.56 Å². The zero-order valence-corrected chi connectivity index (χ0v) is 21.3. The molecule has 5 aromatic rings. The van der Waals surface area contributed by atoms with Gasteiger partial charge in [-0.2, -0.15) is 0 Å². The summed E-state index contributed by atoms with van der Waals surface area (Å²) in [7, 11) is 3.08. The molecule has 2 aromatic heterocycles. The van der Waals surface area contributed by atoms with Crippen LogP contribution >= 0.6 is 0 Å². The molecule has 9 nitrogen and oxygen atoms in total. The predicted octanol–water partition coefficient (Wildman–Crippen LogP) is 4.06. The molecule has 0 saturated carbocycles. The Labute approximate surface area is 219 Å². The van der Waals surface area contributed by atoms with Crippen molar-refractivity contribution in [3.63, 3.8) is 0 Å². The number of imidazole rings is 1. The molecular weight excluding hydrogens is 482 g/mol. The summed E-state index contributed by atoms with van der Waals surface area (Å²) in [6, 6.07) is 24.1. The number of para-hydroxylation sites is 2. The number of benzene rings is 3. The molecule has 1 amide bonds. The second-order valence-electron chi connectivity index (χ2n) is 8.47. The van der Waals surface area contributed by atoms with Crippen LogP contribution in [0, 0.1) is 0 Å². The highest BCUT2D eigenvalue weighted by molar-refractivity contribution is 6.03. The maximum atomic E-state index is 14.0. The highest BCUT2D eigenvalue weighted by Gasteiger charge is 2.26. The fourth-order valence-electron chi connectivity index (χ4n) is 4.37. The number of ether oxygens (including phenoxy) is 2. The number of fused-ring (bicyclic) bond motifs is 1. The van der Waals surface area contributed by atoms with Crippen molar-refractivity contribution in [1.29, 1.82) is 0 Å². The molecule has 3 aromatic carbocycles. The van der Waals surface area contributed by atoms with Crippen molar-refractivity contribution in [2.75, 3.05) is 20.8 Å². The van der Waals surface area contributed by atoms with Gasteiger partial charge < -0.3 is 14.8 Å². The van der Waals surface area contributed by atoms with E-state index in [4.69, 9.17) is 14.5 Å². The maximum Gasteiger partial charge on any atom is 0.335 e. The first-order valence-electron chi connectivity index (χ1n) is 12.2. The molecule has 0 bridgehead atoms. The molecule has 0 saturated heterocycles. The van der Waals surface area contributed by atoms with Crippen LogP contribution in [0.1, 0.15) is 23.0 Å². The SMILES string of the molecule is CCOc1ccc(-c2nc(C(=O)NC)c3c(n2)n(-c2ccccc2OC)c(=O)n3Cc2ccccc2)cc1. The van der Waals surface area contributed by atoms with Gasteiger partial charge in [0.1, 0.15) is 17.0 Å². The first-order valence-corrected chi connectivity index (χ1v) is 12.2. The van der Waals surface area contributed by atoms with Crippen molar-refractivity contribution in [3.05, 3.63) is 101 Å². The molecule has 1 N–H and O–H groups in total. The molecule has 0 fully saturated rings. The molecule has 0 aliphatic carbocycles. The van der Waals surface area contributed by atoms with Gasteiger partial charge in [0.05, 0.1) is 25.9 Å². The van der Waals surface area contributed by atoms with E-state index in [0.29, 0.717) is 46.3 Å². The zero-order valence-electron chi connectivity index (χ0n) is 21.3. The number of hydrogen-bond donors (Lipinski definition) is 1. The molecular formula is C29H27N5O4. The summed E-state index contributed by atoms with van der Waals surface area (Å²) in [6.07, 6.45) is 0. The highest BCUT2D eigenvalue weighted by Crippen LogP contribution is 2.28. The Hall–Kier alpha value is -4.92. The van der Waals surface area contributed by atoms with Crippen LogP contribution in [0.15, 0.2) is 83.7 Å². The van der Waals surface area contributed by atoms with Crippen LogP contribution < -0.4 is 20.5 Å². The van der Waals surface area contributed by atoms with E-state index >= 15 is 0 Å². The number of carbonyl (C=O) groups excluding carboxylic acids is 1. The normalized spacial score (nSPS) is 10.9. The van der Waals surface area contributed by atoms with Crippen LogP contribution in [-0.2, 0) is 6.54 Å². The second kappa shape index (κ2) is 10.6. The third-order valence-corrected chi connectivity index (χ3v) is 6.14. The first-order chi connectivity index (χ1) is 18.5. The lowest BCUT2D eigenvalue weighted by atomic mass is 10.2. The Morgan fingerprint density at radius 2 is 1.66 bits per heavy atom. The molecule has 2 heterocycles. The zero-order chi connectivity index (χ0) is 26.6. The molecule has 0 aliphatic heterocycles. The average Bonchev–Trinajstić information content (AvgIpc) is 3.23. The van der Waals surface area contributed by atoms with Gasteiger partial charge in [-0.25, -0.2) is 19.3 Å². The summed E-state index contributed by atoms with van der Waals surface area (Å²) >= 11 is 0. The van der Waals surface area contributed by atoms with Crippen LogP contribution in [0.4, 0.5) is 0 Å². The van der Waals surface area contributed by atoms with E-state index < -0.39 is 5.91 Å². The average molecular weight is 510 g/mol. The van der Waals surface area contributed by atoms with Gasteiger partial charge in [-0.05, 0) is 48.9 Å². The van der Waals surface area contributed by atoms with Gasteiger partial charge in [0.2, 0.25) is 0 Å². The molecule has 38 heavy (non-hydrogen) atoms. The van der Waals surface area contributed by atoms with Gasteiger partial charge in [-0.3, -0.25) is 9.36 Å². The van der Waals surface area contributed by atoms with Crippen molar-refractivity contribution in [3.8, 4) is 28.6 Å². The predicted molar refractivity (Wildman–Crippen MR) is 145 cm³/mol. The summed E-state index contributed by atoms with van der Waals surface area (Å²) < 4.78 is 14.1. The monoisotopic (exact) mass is 509 g/mol. The van der Waals surface area contributed by atoms with Crippen molar-refractivity contribution in [2.24, 2.45) is 0 Å². The molecule has 5 rings (SSSR count). The molecule has 0 atom stereocenters. The van der Waals surface area contributed by atoms with Crippen molar-refractivity contribution in [1.82, 2.24) is 24.4 Å². The lowest BCUT2D eigenvalue weighted by Crippen LogP contribution is -2.25. The molecule has 192 valence electrons. The molecule has 0 radical (unpaired) electrons. The number of amides is 1. The van der Waals surface area contributed by atoms with Gasteiger partial charge in [0.25, 0.3) is 5.91 Å². The highest BCUT2D eigenvalue weighted by atomic mass is 16.5. The summed E-state index contributed by atoms with van der Waals surface area (Å²) in [5.41, 5.74) is 2.45. The largest absolute Gasteiger partial charge is 0.495 e. The van der Waals surface area contributed by atoms with Gasteiger partial charge in [0.15, 0.2) is 17.2 Å². The molecule has 0 unspecified atom stereocenters. The number of hydrogen-bond acceptors (Lipinski definition) is 6. The standard InChI is InChI=1S/C29H27N5O4/c1-4-38-21-16-14-20(15-17-21)26-31-24(28(35)30-2)25-27(32-26)34(22-12-8-9-13-23(22)37-3)29(36)33(25)18-19-10-6-5-7-11-19/h5-17H,4,18H2,1-3H3,(H,30,35). The Morgan fingerprint density at radius 3 is 2.34 bits per heavy atom. The minimum Gasteiger partial charge on any atom is -0.495 e. The lowest BCUT2D eigenvalue weighted by molar-refractivity contribution is 0.0959. The number of rotatable bonds is 8. The number of methoxy groups -OCH3 is 1. The van der Waals surface area contributed by atoms with Crippen LogP contribution in [0.3, 0.4) is 0 Å². The number of aromatic nitrogens is 4. The van der Waals surface area contributed by atoms with E-state index in [-0.39, 0.29) is 17.9 Å². The van der Waals surface area contributed by atoms with E-state index in [1.165, 1.54) is 16.2 Å². The number of carbonyl (C=O) groups is 1. The molecule has 9 heteroatoms. The second-order valence-corrected chi connectivity index (χ2v) is 8.47. The van der Waals surface area contributed by atoms with E-state index in [1.54, 1.807) is 19.2 Å². The smallest absolute Gasteiger partial charge is 0.335 e. The summed E-state index contributed by atoms with van der Waals surface area (Å²) in [5, 5.41) is 2.66. The first kappa shape index (κ1) is 24.8. The van der Waals surface area contributed by atoms with Crippen LogP contribution in [0.25, 0.3) is 28.2 Å². The minimum atomic E-state index is -0.427. The van der Waals surface area contributed by atoms with Gasteiger partial charge in [-0.1, -0.05) is 42.5 Å².